The average Bonchev–Trinajstić information content (AvgIpc) is 3.53. The van der Waals surface area contributed by atoms with Crippen molar-refractivity contribution >= 4 is 21.7 Å². The van der Waals surface area contributed by atoms with Crippen molar-refractivity contribution in [2.45, 2.75) is 23.2 Å². The molecular weight excluding hydrogens is 463 g/mol. The second-order valence-electron chi connectivity index (χ2n) is 8.04. The number of nitrogens with zero attached hydrogens (tertiary/aromatic N) is 5. The number of ether oxygens (including phenoxy) is 1. The van der Waals surface area contributed by atoms with Crippen LogP contribution in [0.2, 0.25) is 0 Å². The first-order valence-electron chi connectivity index (χ1n) is 10.8. The van der Waals surface area contributed by atoms with E-state index in [1.54, 1.807) is 48.7 Å². The van der Waals surface area contributed by atoms with E-state index in [9.17, 15) is 13.2 Å². The summed E-state index contributed by atoms with van der Waals surface area (Å²) in [4.78, 5) is 14.4. The summed E-state index contributed by atoms with van der Waals surface area (Å²) < 4.78 is 50.4. The lowest BCUT2D eigenvalue weighted by Gasteiger charge is -2.44. The number of piperidine rings is 1. The molecule has 34 heavy (non-hydrogen) atoms. The highest BCUT2D eigenvalue weighted by Crippen LogP contribution is 2.40. The zero-order valence-electron chi connectivity index (χ0n) is 18.1. The third kappa shape index (κ3) is 3.83. The van der Waals surface area contributed by atoms with Crippen molar-refractivity contribution in [2.75, 3.05) is 31.6 Å². The molecule has 1 N–H and O–H groups in total. The zero-order chi connectivity index (χ0) is 23.8. The standard InChI is InChI=1S/C22H23FN6O4S/c23-20-16-27(21(30)25-18-8-4-5-9-19(18)28-13-11-24-26-28)12-10-22(20)29(14-15-33-22)34(31,32)17-6-2-1-3-7-17/h1-9,11,13,20H,10,12,14-16H2,(H,25,30). The minimum atomic E-state index is -3.96. The quantitative estimate of drug-likeness (QED) is 0.606. The maximum absolute atomic E-state index is 15.6. The van der Waals surface area contributed by atoms with E-state index < -0.39 is 28.0 Å². The second-order valence-corrected chi connectivity index (χ2v) is 9.90. The highest BCUT2D eigenvalue weighted by atomic mass is 32.2. The summed E-state index contributed by atoms with van der Waals surface area (Å²) in [6.45, 7) is -0.0459. The van der Waals surface area contributed by atoms with Crippen molar-refractivity contribution in [3.8, 4) is 5.69 Å². The lowest BCUT2D eigenvalue weighted by Crippen LogP contribution is -2.63. The van der Waals surface area contributed by atoms with Crippen LogP contribution in [0.25, 0.3) is 5.69 Å². The molecule has 12 heteroatoms. The smallest absolute Gasteiger partial charge is 0.322 e. The van der Waals surface area contributed by atoms with Crippen molar-refractivity contribution in [3.05, 3.63) is 67.0 Å². The van der Waals surface area contributed by atoms with Gasteiger partial charge in [0.1, 0.15) is 0 Å². The Labute approximate surface area is 196 Å². The molecule has 0 saturated carbocycles. The molecule has 2 atom stereocenters. The largest absolute Gasteiger partial charge is 0.355 e. The molecule has 2 fully saturated rings. The Morgan fingerprint density at radius 2 is 1.88 bits per heavy atom. The Bertz CT molecular complexity index is 1270. The molecule has 0 aliphatic carbocycles. The molecule has 2 unspecified atom stereocenters. The summed E-state index contributed by atoms with van der Waals surface area (Å²) in [5, 5.41) is 10.5. The summed E-state index contributed by atoms with van der Waals surface area (Å²) in [7, 11) is -3.96. The van der Waals surface area contributed by atoms with Gasteiger partial charge < -0.3 is 15.0 Å². The number of nitrogens with one attached hydrogen (secondary N) is 1. The number of urea groups is 1. The van der Waals surface area contributed by atoms with Gasteiger partial charge in [-0.15, -0.1) is 5.10 Å². The van der Waals surface area contributed by atoms with Gasteiger partial charge in [-0.25, -0.2) is 22.3 Å². The van der Waals surface area contributed by atoms with Crippen LogP contribution in [-0.4, -0.2) is 76.8 Å². The number of carbonyl (C=O) groups excluding carboxylic acids is 1. The number of alkyl halides is 1. The third-order valence-electron chi connectivity index (χ3n) is 6.11. The van der Waals surface area contributed by atoms with Crippen molar-refractivity contribution in [2.24, 2.45) is 0 Å². The maximum atomic E-state index is 15.6. The van der Waals surface area contributed by atoms with Gasteiger partial charge in [-0.1, -0.05) is 35.5 Å². The number of halogens is 1. The molecule has 178 valence electrons. The highest BCUT2D eigenvalue weighted by Gasteiger charge is 2.57. The Kier molecular flexibility index (Phi) is 5.80. The molecule has 2 amide bonds. The first kappa shape index (κ1) is 22.4. The molecule has 5 rings (SSSR count). The Morgan fingerprint density at radius 1 is 1.12 bits per heavy atom. The number of likely N-dealkylation sites (tertiary alicyclic amines) is 1. The number of benzene rings is 2. The fourth-order valence-corrected chi connectivity index (χ4v) is 6.16. The lowest BCUT2D eigenvalue weighted by atomic mass is 9.99. The van der Waals surface area contributed by atoms with Gasteiger partial charge in [0.15, 0.2) is 11.9 Å². The fraction of sp³-hybridized carbons (Fsp3) is 0.318. The van der Waals surface area contributed by atoms with Crippen LogP contribution in [0.15, 0.2) is 71.9 Å². The van der Waals surface area contributed by atoms with E-state index in [-0.39, 0.29) is 37.6 Å². The molecule has 2 saturated heterocycles. The number of hydrogen-bond acceptors (Lipinski definition) is 6. The SMILES string of the molecule is O=C(Nc1ccccc1-n1ccnn1)N1CCC2(OCCN2S(=O)(=O)c2ccccc2)C(F)C1. The molecule has 0 bridgehead atoms. The number of aromatic nitrogens is 3. The molecule has 1 spiro atoms. The van der Waals surface area contributed by atoms with Gasteiger partial charge in [-0.05, 0) is 24.3 Å². The topological polar surface area (TPSA) is 110 Å². The number of hydrogen-bond donors (Lipinski definition) is 1. The van der Waals surface area contributed by atoms with Crippen LogP contribution in [0.4, 0.5) is 14.9 Å². The summed E-state index contributed by atoms with van der Waals surface area (Å²) in [5.41, 5.74) is -0.540. The fourth-order valence-electron chi connectivity index (χ4n) is 4.43. The molecule has 2 aromatic carbocycles. The summed E-state index contributed by atoms with van der Waals surface area (Å²) in [6.07, 6.45) is 1.46. The van der Waals surface area contributed by atoms with E-state index in [1.165, 1.54) is 27.9 Å². The number of amides is 2. The van der Waals surface area contributed by atoms with Gasteiger partial charge >= 0.3 is 6.03 Å². The van der Waals surface area contributed by atoms with E-state index in [2.05, 4.69) is 15.6 Å². The van der Waals surface area contributed by atoms with Crippen molar-refractivity contribution in [3.63, 3.8) is 0 Å². The first-order chi connectivity index (χ1) is 16.4. The molecule has 3 heterocycles. The summed E-state index contributed by atoms with van der Waals surface area (Å²) in [6, 6.07) is 14.4. The predicted molar refractivity (Wildman–Crippen MR) is 120 cm³/mol. The van der Waals surface area contributed by atoms with Gasteiger partial charge in [-0.2, -0.15) is 4.31 Å². The van der Waals surface area contributed by atoms with Crippen LogP contribution >= 0.6 is 0 Å². The second kappa shape index (κ2) is 8.78. The van der Waals surface area contributed by atoms with Crippen LogP contribution in [0, 0.1) is 0 Å². The minimum absolute atomic E-state index is 0.0123. The van der Waals surface area contributed by atoms with Gasteiger partial charge in [0.25, 0.3) is 0 Å². The molecule has 3 aromatic rings. The molecular formula is C22H23FN6O4S. The van der Waals surface area contributed by atoms with Gasteiger partial charge in [0.05, 0.1) is 41.8 Å². The lowest BCUT2D eigenvalue weighted by molar-refractivity contribution is -0.134. The number of carbonyl (C=O) groups is 1. The Hall–Kier alpha value is -3.35. The molecule has 0 radical (unpaired) electrons. The van der Waals surface area contributed by atoms with Crippen LogP contribution in [0.3, 0.4) is 0 Å². The summed E-state index contributed by atoms with van der Waals surface area (Å²) in [5.74, 6) is 0. The van der Waals surface area contributed by atoms with E-state index in [0.717, 1.165) is 4.31 Å². The van der Waals surface area contributed by atoms with Crippen LogP contribution in [0.5, 0.6) is 0 Å². The van der Waals surface area contributed by atoms with E-state index in [0.29, 0.717) is 11.4 Å². The number of sulfonamides is 1. The van der Waals surface area contributed by atoms with E-state index in [4.69, 9.17) is 4.74 Å². The van der Waals surface area contributed by atoms with Crippen molar-refractivity contribution in [1.29, 1.82) is 0 Å². The highest BCUT2D eigenvalue weighted by molar-refractivity contribution is 7.89. The minimum Gasteiger partial charge on any atom is -0.355 e. The molecule has 2 aliphatic rings. The third-order valence-corrected chi connectivity index (χ3v) is 8.05. The Balaban J connectivity index is 1.33. The van der Waals surface area contributed by atoms with Crippen molar-refractivity contribution < 1.29 is 22.3 Å². The van der Waals surface area contributed by atoms with Gasteiger partial charge in [-0.3, -0.25) is 0 Å². The first-order valence-corrected chi connectivity index (χ1v) is 12.2. The Morgan fingerprint density at radius 3 is 2.62 bits per heavy atom. The zero-order valence-corrected chi connectivity index (χ0v) is 18.9. The molecule has 1 aromatic heterocycles. The number of anilines is 1. The van der Waals surface area contributed by atoms with Crippen LogP contribution in [0.1, 0.15) is 6.42 Å². The van der Waals surface area contributed by atoms with E-state index in [1.807, 2.05) is 0 Å². The molecule has 2 aliphatic heterocycles. The monoisotopic (exact) mass is 486 g/mol. The summed E-state index contributed by atoms with van der Waals surface area (Å²) >= 11 is 0. The number of rotatable bonds is 4. The van der Waals surface area contributed by atoms with Crippen LogP contribution < -0.4 is 5.32 Å². The molecule has 10 nitrogen and oxygen atoms in total. The number of para-hydroxylation sites is 2. The predicted octanol–water partition coefficient (Wildman–Crippen LogP) is 2.26. The van der Waals surface area contributed by atoms with Crippen LogP contribution in [-0.2, 0) is 14.8 Å². The van der Waals surface area contributed by atoms with Gasteiger partial charge in [0.2, 0.25) is 10.0 Å². The normalized spacial score (nSPS) is 23.3. The van der Waals surface area contributed by atoms with Crippen molar-refractivity contribution in [1.82, 2.24) is 24.2 Å². The van der Waals surface area contributed by atoms with Gasteiger partial charge in [0, 0.05) is 19.5 Å². The maximum Gasteiger partial charge on any atom is 0.322 e. The average molecular weight is 487 g/mol. The van der Waals surface area contributed by atoms with E-state index >= 15 is 4.39 Å².